The number of carbonyl (C=O) groups is 2. The van der Waals surface area contributed by atoms with E-state index in [-0.39, 0.29) is 15.6 Å². The number of sulfone groups is 1. The fourth-order valence-electron chi connectivity index (χ4n) is 2.23. The Morgan fingerprint density at radius 1 is 0.952 bits per heavy atom. The van der Waals surface area contributed by atoms with E-state index in [1.54, 1.807) is 18.2 Å². The number of carbonyl (C=O) groups excluding carboxylic acids is 2. The summed E-state index contributed by atoms with van der Waals surface area (Å²) in [5, 5.41) is 2.58. The lowest BCUT2D eigenvalue weighted by Gasteiger charge is -2.20. The summed E-state index contributed by atoms with van der Waals surface area (Å²) in [5.74, 6) is -0.884. The average molecular weight is 301 g/mol. The summed E-state index contributed by atoms with van der Waals surface area (Å²) in [6, 6.07) is 7.75. The molecule has 0 fully saturated rings. The highest BCUT2D eigenvalue weighted by molar-refractivity contribution is 7.96. The van der Waals surface area contributed by atoms with Gasteiger partial charge in [-0.05, 0) is 42.5 Å². The van der Waals surface area contributed by atoms with Crippen LogP contribution < -0.4 is 5.32 Å². The van der Waals surface area contributed by atoms with Crippen molar-refractivity contribution < 1.29 is 18.0 Å². The fraction of sp³-hybridized carbons (Fsp3) is 0.0667. The largest absolute Gasteiger partial charge is 0.335 e. The summed E-state index contributed by atoms with van der Waals surface area (Å²) in [6.07, 6.45) is 6.88. The second-order valence-corrected chi connectivity index (χ2v) is 6.70. The van der Waals surface area contributed by atoms with Gasteiger partial charge in [0.05, 0.1) is 10.4 Å². The zero-order chi connectivity index (χ0) is 15.1. The van der Waals surface area contributed by atoms with Crippen LogP contribution in [0, 0.1) is 0 Å². The maximum Gasteiger partial charge on any atom is 0.264 e. The lowest BCUT2D eigenvalue weighted by atomic mass is 9.95. The quantitative estimate of drug-likeness (QED) is 0.880. The maximum absolute atomic E-state index is 12.5. The SMILES string of the molecule is O=C1C=CC2(C=C1)C=C(S(=O)(=O)c1ccccc1)C(=O)N2. The zero-order valence-corrected chi connectivity index (χ0v) is 11.6. The van der Waals surface area contributed by atoms with Crippen molar-refractivity contribution in [1.29, 1.82) is 0 Å². The van der Waals surface area contributed by atoms with Gasteiger partial charge < -0.3 is 5.32 Å². The Bertz CT molecular complexity index is 800. The standard InChI is InChI=1S/C15H11NO4S/c17-11-6-8-15(9-7-11)10-13(14(18)16-15)21(19,20)12-4-2-1-3-5-12/h1-10H,(H,16,18). The van der Waals surface area contributed by atoms with Crippen molar-refractivity contribution in [2.24, 2.45) is 0 Å². The Balaban J connectivity index is 2.07. The van der Waals surface area contributed by atoms with Gasteiger partial charge in [0.15, 0.2) is 5.78 Å². The second-order valence-electron chi connectivity index (χ2n) is 4.78. The topological polar surface area (TPSA) is 80.3 Å². The molecule has 0 unspecified atom stereocenters. The molecule has 0 bridgehead atoms. The van der Waals surface area contributed by atoms with Crippen molar-refractivity contribution in [3.05, 3.63) is 65.6 Å². The van der Waals surface area contributed by atoms with E-state index in [2.05, 4.69) is 5.32 Å². The van der Waals surface area contributed by atoms with Crippen LogP contribution in [0.5, 0.6) is 0 Å². The van der Waals surface area contributed by atoms with Gasteiger partial charge in [0, 0.05) is 0 Å². The molecule has 106 valence electrons. The van der Waals surface area contributed by atoms with Crippen LogP contribution in [0.2, 0.25) is 0 Å². The van der Waals surface area contributed by atoms with E-state index in [1.807, 2.05) is 0 Å². The molecule has 1 spiro atoms. The number of allylic oxidation sites excluding steroid dienone is 2. The molecule has 0 saturated heterocycles. The summed E-state index contributed by atoms with van der Waals surface area (Å²) < 4.78 is 25.0. The van der Waals surface area contributed by atoms with Gasteiger partial charge in [-0.15, -0.1) is 0 Å². The molecule has 5 nitrogen and oxygen atoms in total. The molecule has 0 aromatic heterocycles. The minimum atomic E-state index is -3.88. The van der Waals surface area contributed by atoms with E-state index >= 15 is 0 Å². The highest BCUT2D eigenvalue weighted by atomic mass is 32.2. The predicted molar refractivity (Wildman–Crippen MR) is 75.9 cm³/mol. The molecule has 1 aromatic rings. The van der Waals surface area contributed by atoms with Crippen molar-refractivity contribution in [3.63, 3.8) is 0 Å². The lowest BCUT2D eigenvalue weighted by molar-refractivity contribution is -0.117. The first-order valence-corrected chi connectivity index (χ1v) is 7.69. The Hall–Kier alpha value is -2.47. The third-order valence-corrected chi connectivity index (χ3v) is 5.09. The average Bonchev–Trinajstić information content (AvgIpc) is 2.81. The van der Waals surface area contributed by atoms with Gasteiger partial charge in [0.1, 0.15) is 4.91 Å². The van der Waals surface area contributed by atoms with Crippen LogP contribution in [-0.4, -0.2) is 25.6 Å². The molecule has 0 saturated carbocycles. The highest BCUT2D eigenvalue weighted by Gasteiger charge is 2.40. The van der Waals surface area contributed by atoms with Gasteiger partial charge in [0.25, 0.3) is 5.91 Å². The number of nitrogens with one attached hydrogen (secondary N) is 1. The molecule has 6 heteroatoms. The maximum atomic E-state index is 12.5. The van der Waals surface area contributed by atoms with Crippen molar-refractivity contribution >= 4 is 21.5 Å². The van der Waals surface area contributed by atoms with E-state index in [1.165, 1.54) is 42.5 Å². The van der Waals surface area contributed by atoms with Crippen molar-refractivity contribution in [1.82, 2.24) is 5.32 Å². The number of benzene rings is 1. The molecular formula is C15H11NO4S. The number of amides is 1. The van der Waals surface area contributed by atoms with E-state index in [0.717, 1.165) is 0 Å². The first-order chi connectivity index (χ1) is 9.93. The molecule has 1 aliphatic heterocycles. The number of hydrogen-bond donors (Lipinski definition) is 1. The monoisotopic (exact) mass is 301 g/mol. The highest BCUT2D eigenvalue weighted by Crippen LogP contribution is 2.30. The molecule has 1 N–H and O–H groups in total. The van der Waals surface area contributed by atoms with Crippen LogP contribution in [-0.2, 0) is 19.4 Å². The zero-order valence-electron chi connectivity index (χ0n) is 10.8. The summed E-state index contributed by atoms with van der Waals surface area (Å²) in [7, 11) is -3.88. The molecule has 0 atom stereocenters. The van der Waals surface area contributed by atoms with E-state index in [0.29, 0.717) is 0 Å². The van der Waals surface area contributed by atoms with Crippen LogP contribution >= 0.6 is 0 Å². The van der Waals surface area contributed by atoms with E-state index in [9.17, 15) is 18.0 Å². The fourth-order valence-corrected chi connectivity index (χ4v) is 3.65. The van der Waals surface area contributed by atoms with Gasteiger partial charge in [0.2, 0.25) is 9.84 Å². The molecule has 1 aliphatic carbocycles. The molecule has 3 rings (SSSR count). The first-order valence-electron chi connectivity index (χ1n) is 6.21. The van der Waals surface area contributed by atoms with Crippen LogP contribution in [0.4, 0.5) is 0 Å². The van der Waals surface area contributed by atoms with Crippen molar-refractivity contribution in [2.75, 3.05) is 0 Å². The number of rotatable bonds is 2. The molecule has 0 radical (unpaired) electrons. The van der Waals surface area contributed by atoms with Crippen molar-refractivity contribution in [3.8, 4) is 0 Å². The van der Waals surface area contributed by atoms with Gasteiger partial charge in [-0.2, -0.15) is 0 Å². The third-order valence-electron chi connectivity index (χ3n) is 3.31. The minimum absolute atomic E-state index is 0.0586. The van der Waals surface area contributed by atoms with Crippen LogP contribution in [0.3, 0.4) is 0 Å². The molecule has 21 heavy (non-hydrogen) atoms. The summed E-state index contributed by atoms with van der Waals surface area (Å²) in [5.41, 5.74) is -1.04. The molecular weight excluding hydrogens is 290 g/mol. The smallest absolute Gasteiger partial charge is 0.264 e. The van der Waals surface area contributed by atoms with Crippen LogP contribution in [0.25, 0.3) is 0 Å². The van der Waals surface area contributed by atoms with Gasteiger partial charge >= 0.3 is 0 Å². The Labute approximate surface area is 121 Å². The minimum Gasteiger partial charge on any atom is -0.335 e. The Kier molecular flexibility index (Phi) is 2.91. The normalized spacial score (nSPS) is 19.7. The second kappa shape index (κ2) is 4.53. The van der Waals surface area contributed by atoms with Gasteiger partial charge in [-0.3, -0.25) is 9.59 Å². The Morgan fingerprint density at radius 2 is 1.57 bits per heavy atom. The third kappa shape index (κ3) is 2.23. The predicted octanol–water partition coefficient (Wildman–Crippen LogP) is 0.908. The molecule has 1 heterocycles. The summed E-state index contributed by atoms with van der Waals surface area (Å²) in [4.78, 5) is 22.9. The van der Waals surface area contributed by atoms with Crippen LogP contribution in [0.1, 0.15) is 0 Å². The number of ketones is 1. The van der Waals surface area contributed by atoms with Crippen molar-refractivity contribution in [2.45, 2.75) is 10.4 Å². The lowest BCUT2D eigenvalue weighted by Crippen LogP contribution is -2.40. The van der Waals surface area contributed by atoms with Crippen LogP contribution in [0.15, 0.2) is 70.5 Å². The molecule has 1 aromatic carbocycles. The van der Waals surface area contributed by atoms with E-state index in [4.69, 9.17) is 0 Å². The molecule has 1 amide bonds. The summed E-state index contributed by atoms with van der Waals surface area (Å²) >= 11 is 0. The molecule has 2 aliphatic rings. The van der Waals surface area contributed by atoms with Gasteiger partial charge in [-0.25, -0.2) is 8.42 Å². The Morgan fingerprint density at radius 3 is 2.19 bits per heavy atom. The van der Waals surface area contributed by atoms with E-state index < -0.39 is 21.3 Å². The summed E-state index contributed by atoms with van der Waals surface area (Å²) in [6.45, 7) is 0. The number of hydrogen-bond acceptors (Lipinski definition) is 4. The first kappa shape index (κ1) is 13.5. The van der Waals surface area contributed by atoms with Gasteiger partial charge in [-0.1, -0.05) is 18.2 Å².